The molecular weight excluding hydrogens is 252 g/mol. The van der Waals surface area contributed by atoms with Gasteiger partial charge in [0.25, 0.3) is 0 Å². The lowest BCUT2D eigenvalue weighted by molar-refractivity contribution is -0.130. The third-order valence-electron chi connectivity index (χ3n) is 2.47. The SMILES string of the molecule is Cc1ccc(S(=O)(=O)NC(C)C(=O)N(C)C)cc1. The van der Waals surface area contributed by atoms with Crippen molar-refractivity contribution in [3.8, 4) is 0 Å². The van der Waals surface area contributed by atoms with E-state index in [1.165, 1.54) is 24.0 Å². The van der Waals surface area contributed by atoms with E-state index in [0.717, 1.165) is 5.56 Å². The summed E-state index contributed by atoms with van der Waals surface area (Å²) in [5.74, 6) is -0.286. The number of hydrogen-bond acceptors (Lipinski definition) is 3. The molecule has 0 spiro atoms. The normalized spacial score (nSPS) is 13.1. The van der Waals surface area contributed by atoms with Crippen LogP contribution < -0.4 is 4.72 Å². The third-order valence-corrected chi connectivity index (χ3v) is 4.03. The molecule has 1 unspecified atom stereocenters. The molecule has 0 aliphatic carbocycles. The van der Waals surface area contributed by atoms with Crippen LogP contribution in [0.3, 0.4) is 0 Å². The topological polar surface area (TPSA) is 66.5 Å². The van der Waals surface area contributed by atoms with Gasteiger partial charge in [0.2, 0.25) is 15.9 Å². The largest absolute Gasteiger partial charge is 0.347 e. The van der Waals surface area contributed by atoms with Crippen LogP contribution in [0.4, 0.5) is 0 Å². The minimum absolute atomic E-state index is 0.159. The van der Waals surface area contributed by atoms with E-state index in [1.807, 2.05) is 6.92 Å². The molecule has 0 aliphatic heterocycles. The molecule has 0 heterocycles. The number of hydrogen-bond donors (Lipinski definition) is 1. The standard InChI is InChI=1S/C12H18N2O3S/c1-9-5-7-11(8-6-9)18(16,17)13-10(2)12(15)14(3)4/h5-8,10,13H,1-4H3. The first-order chi connectivity index (χ1) is 8.24. The zero-order valence-electron chi connectivity index (χ0n) is 11.0. The van der Waals surface area contributed by atoms with Gasteiger partial charge in [-0.2, -0.15) is 4.72 Å². The van der Waals surface area contributed by atoms with Gasteiger partial charge in [-0.25, -0.2) is 8.42 Å². The van der Waals surface area contributed by atoms with Crippen LogP contribution in [-0.2, 0) is 14.8 Å². The Labute approximate surface area is 108 Å². The Morgan fingerprint density at radius 1 is 1.22 bits per heavy atom. The van der Waals surface area contributed by atoms with Crippen molar-refractivity contribution in [1.82, 2.24) is 9.62 Å². The second kappa shape index (κ2) is 5.49. The zero-order valence-corrected chi connectivity index (χ0v) is 11.8. The summed E-state index contributed by atoms with van der Waals surface area (Å²) in [6.45, 7) is 3.40. The molecule has 1 rings (SSSR count). The Balaban J connectivity index is 2.89. The molecule has 1 aromatic carbocycles. The Morgan fingerprint density at radius 3 is 2.17 bits per heavy atom. The summed E-state index contributed by atoms with van der Waals surface area (Å²) in [6, 6.07) is 5.68. The molecule has 6 heteroatoms. The molecule has 1 aromatic rings. The summed E-state index contributed by atoms with van der Waals surface area (Å²) in [4.78, 5) is 13.1. The molecule has 0 radical (unpaired) electrons. The highest BCUT2D eigenvalue weighted by molar-refractivity contribution is 7.89. The quantitative estimate of drug-likeness (QED) is 0.878. The van der Waals surface area contributed by atoms with E-state index in [0.29, 0.717) is 0 Å². The highest BCUT2D eigenvalue weighted by Gasteiger charge is 2.22. The molecular formula is C12H18N2O3S. The maximum absolute atomic E-state index is 12.0. The van der Waals surface area contributed by atoms with E-state index in [9.17, 15) is 13.2 Å². The molecule has 1 atom stereocenters. The van der Waals surface area contributed by atoms with Gasteiger partial charge in [-0.15, -0.1) is 0 Å². The van der Waals surface area contributed by atoms with E-state index in [-0.39, 0.29) is 10.8 Å². The summed E-state index contributed by atoms with van der Waals surface area (Å²) in [7, 11) is -0.488. The number of carbonyl (C=O) groups excluding carboxylic acids is 1. The fourth-order valence-corrected chi connectivity index (χ4v) is 2.65. The van der Waals surface area contributed by atoms with E-state index in [1.54, 1.807) is 26.2 Å². The first-order valence-corrected chi connectivity index (χ1v) is 7.02. The van der Waals surface area contributed by atoms with Gasteiger partial charge in [0.15, 0.2) is 0 Å². The zero-order chi connectivity index (χ0) is 13.9. The molecule has 1 N–H and O–H groups in total. The van der Waals surface area contributed by atoms with E-state index in [2.05, 4.69) is 4.72 Å². The number of carbonyl (C=O) groups is 1. The van der Waals surface area contributed by atoms with Gasteiger partial charge >= 0.3 is 0 Å². The fraction of sp³-hybridized carbons (Fsp3) is 0.417. The van der Waals surface area contributed by atoms with E-state index >= 15 is 0 Å². The number of nitrogens with zero attached hydrogens (tertiary/aromatic N) is 1. The molecule has 0 saturated carbocycles. The van der Waals surface area contributed by atoms with Crippen LogP contribution in [0.2, 0.25) is 0 Å². The van der Waals surface area contributed by atoms with Crippen LogP contribution in [-0.4, -0.2) is 39.4 Å². The fourth-order valence-electron chi connectivity index (χ4n) is 1.46. The van der Waals surface area contributed by atoms with Crippen molar-refractivity contribution in [2.75, 3.05) is 14.1 Å². The second-order valence-electron chi connectivity index (χ2n) is 4.39. The van der Waals surface area contributed by atoms with Crippen molar-refractivity contribution < 1.29 is 13.2 Å². The molecule has 100 valence electrons. The van der Waals surface area contributed by atoms with Crippen LogP contribution in [0.1, 0.15) is 12.5 Å². The molecule has 0 aliphatic rings. The van der Waals surface area contributed by atoms with Gasteiger partial charge in [-0.3, -0.25) is 4.79 Å². The highest BCUT2D eigenvalue weighted by Crippen LogP contribution is 2.10. The van der Waals surface area contributed by atoms with Crippen molar-refractivity contribution in [3.63, 3.8) is 0 Å². The van der Waals surface area contributed by atoms with Crippen LogP contribution in [0, 0.1) is 6.92 Å². The van der Waals surface area contributed by atoms with Gasteiger partial charge in [0.1, 0.15) is 0 Å². The Hall–Kier alpha value is -1.40. The van der Waals surface area contributed by atoms with E-state index in [4.69, 9.17) is 0 Å². The number of sulfonamides is 1. The molecule has 0 saturated heterocycles. The van der Waals surface area contributed by atoms with Crippen molar-refractivity contribution in [3.05, 3.63) is 29.8 Å². The summed E-state index contributed by atoms with van der Waals surface area (Å²) in [6.07, 6.45) is 0. The first kappa shape index (κ1) is 14.7. The molecule has 5 nitrogen and oxygen atoms in total. The summed E-state index contributed by atoms with van der Waals surface area (Å²) >= 11 is 0. The van der Waals surface area contributed by atoms with Crippen LogP contribution in [0.25, 0.3) is 0 Å². The smallest absolute Gasteiger partial charge is 0.241 e. The third kappa shape index (κ3) is 3.54. The Morgan fingerprint density at radius 2 is 1.72 bits per heavy atom. The van der Waals surface area contributed by atoms with Gasteiger partial charge in [0, 0.05) is 14.1 Å². The van der Waals surface area contributed by atoms with Crippen molar-refractivity contribution in [2.45, 2.75) is 24.8 Å². The van der Waals surface area contributed by atoms with Crippen molar-refractivity contribution >= 4 is 15.9 Å². The molecule has 0 aromatic heterocycles. The molecule has 0 fully saturated rings. The second-order valence-corrected chi connectivity index (χ2v) is 6.10. The molecule has 0 bridgehead atoms. The summed E-state index contributed by atoms with van der Waals surface area (Å²) in [5, 5.41) is 0. The Kier molecular flexibility index (Phi) is 4.48. The number of benzene rings is 1. The number of amides is 1. The lowest BCUT2D eigenvalue weighted by atomic mass is 10.2. The molecule has 18 heavy (non-hydrogen) atoms. The summed E-state index contributed by atoms with van der Waals surface area (Å²) < 4.78 is 26.4. The molecule has 1 amide bonds. The first-order valence-electron chi connectivity index (χ1n) is 5.54. The van der Waals surface area contributed by atoms with Crippen molar-refractivity contribution in [1.29, 1.82) is 0 Å². The predicted molar refractivity (Wildman–Crippen MR) is 69.7 cm³/mol. The average molecular weight is 270 g/mol. The minimum atomic E-state index is -3.65. The monoisotopic (exact) mass is 270 g/mol. The maximum atomic E-state index is 12.0. The highest BCUT2D eigenvalue weighted by atomic mass is 32.2. The lowest BCUT2D eigenvalue weighted by Crippen LogP contribution is -2.44. The van der Waals surface area contributed by atoms with Crippen LogP contribution in [0.5, 0.6) is 0 Å². The van der Waals surface area contributed by atoms with Crippen LogP contribution in [0.15, 0.2) is 29.2 Å². The van der Waals surface area contributed by atoms with Crippen LogP contribution >= 0.6 is 0 Å². The summed E-state index contributed by atoms with van der Waals surface area (Å²) in [5.41, 5.74) is 0.978. The Bertz CT molecular complexity index is 521. The van der Waals surface area contributed by atoms with Gasteiger partial charge in [-0.1, -0.05) is 17.7 Å². The van der Waals surface area contributed by atoms with Gasteiger partial charge in [-0.05, 0) is 26.0 Å². The number of rotatable bonds is 4. The minimum Gasteiger partial charge on any atom is -0.347 e. The predicted octanol–water partition coefficient (Wildman–Crippen LogP) is 0.750. The van der Waals surface area contributed by atoms with E-state index < -0.39 is 16.1 Å². The van der Waals surface area contributed by atoms with Gasteiger partial charge in [0.05, 0.1) is 10.9 Å². The van der Waals surface area contributed by atoms with Gasteiger partial charge < -0.3 is 4.90 Å². The number of aryl methyl sites for hydroxylation is 1. The van der Waals surface area contributed by atoms with Crippen molar-refractivity contribution in [2.24, 2.45) is 0 Å². The number of likely N-dealkylation sites (N-methyl/N-ethyl adjacent to an activating group) is 1. The number of nitrogens with one attached hydrogen (secondary N) is 1. The lowest BCUT2D eigenvalue weighted by Gasteiger charge is -2.18. The maximum Gasteiger partial charge on any atom is 0.241 e. The average Bonchev–Trinajstić information content (AvgIpc) is 2.27.